The first-order valence-electron chi connectivity index (χ1n) is 4.20. The van der Waals surface area contributed by atoms with Crippen molar-refractivity contribution in [3.05, 3.63) is 6.33 Å². The minimum atomic E-state index is 0.609. The molecule has 4 rings (SSSR count). The van der Waals surface area contributed by atoms with Crippen LogP contribution in [0.2, 0.25) is 0 Å². The van der Waals surface area contributed by atoms with Gasteiger partial charge in [-0.1, -0.05) is 0 Å². The van der Waals surface area contributed by atoms with Gasteiger partial charge in [0, 0.05) is 30.2 Å². The Morgan fingerprint density at radius 1 is 1.67 bits per heavy atom. The van der Waals surface area contributed by atoms with Crippen molar-refractivity contribution in [2.24, 2.45) is 5.92 Å². The van der Waals surface area contributed by atoms with Gasteiger partial charge in [-0.15, -0.1) is 0 Å². The van der Waals surface area contributed by atoms with Gasteiger partial charge in [0.25, 0.3) is 0 Å². The van der Waals surface area contributed by atoms with Crippen LogP contribution in [-0.4, -0.2) is 28.0 Å². The fourth-order valence-corrected chi connectivity index (χ4v) is 2.55. The molecule has 2 aliphatic heterocycles. The van der Waals surface area contributed by atoms with Crippen LogP contribution in [0.4, 0.5) is 5.13 Å². The molecule has 1 aromatic heterocycles. The number of nitrogens with zero attached hydrogens (tertiary/aromatic N) is 2. The molecule has 0 radical (unpaired) electrons. The molecule has 3 atom stereocenters. The zero-order valence-corrected chi connectivity index (χ0v) is 7.34. The van der Waals surface area contributed by atoms with Gasteiger partial charge in [0.1, 0.15) is 6.33 Å². The first-order valence-corrected chi connectivity index (χ1v) is 4.97. The minimum absolute atomic E-state index is 0.609. The van der Waals surface area contributed by atoms with Gasteiger partial charge in [0.15, 0.2) is 0 Å². The summed E-state index contributed by atoms with van der Waals surface area (Å²) in [7, 11) is 0. The Labute approximate surface area is 74.6 Å². The molecule has 0 amide bonds. The third kappa shape index (κ3) is 0.864. The average molecular weight is 182 g/mol. The molecule has 64 valence electrons. The van der Waals surface area contributed by atoms with Crippen molar-refractivity contribution in [3.63, 3.8) is 0 Å². The number of nitrogens with one attached hydrogen (secondary N) is 2. The van der Waals surface area contributed by atoms with Crippen LogP contribution in [0.1, 0.15) is 6.42 Å². The van der Waals surface area contributed by atoms with Gasteiger partial charge in [0.05, 0.1) is 0 Å². The SMILES string of the molecule is c1nsc(NC2C3CNC2C3)n1. The van der Waals surface area contributed by atoms with Gasteiger partial charge in [-0.2, -0.15) is 4.37 Å². The van der Waals surface area contributed by atoms with E-state index in [4.69, 9.17) is 0 Å². The Balaban J connectivity index is 1.70. The Morgan fingerprint density at radius 2 is 2.67 bits per heavy atom. The first kappa shape index (κ1) is 6.80. The monoisotopic (exact) mass is 182 g/mol. The second-order valence-corrected chi connectivity index (χ2v) is 4.21. The maximum atomic E-state index is 4.10. The predicted molar refractivity (Wildman–Crippen MR) is 47.2 cm³/mol. The molecule has 3 heterocycles. The third-order valence-corrected chi connectivity index (χ3v) is 3.39. The fraction of sp³-hybridized carbons (Fsp3) is 0.714. The summed E-state index contributed by atoms with van der Waals surface area (Å²) in [4.78, 5) is 4.10. The summed E-state index contributed by atoms with van der Waals surface area (Å²) in [5.74, 6) is 0.818. The molecule has 12 heavy (non-hydrogen) atoms. The maximum absolute atomic E-state index is 4.10. The van der Waals surface area contributed by atoms with Crippen molar-refractivity contribution in [1.29, 1.82) is 0 Å². The van der Waals surface area contributed by atoms with E-state index in [1.165, 1.54) is 24.5 Å². The molecule has 3 fully saturated rings. The molecule has 0 spiro atoms. The van der Waals surface area contributed by atoms with E-state index < -0.39 is 0 Å². The molecule has 3 aliphatic rings. The zero-order chi connectivity index (χ0) is 7.97. The number of aromatic nitrogens is 2. The molecule has 2 saturated heterocycles. The van der Waals surface area contributed by atoms with E-state index in [0.717, 1.165) is 11.0 Å². The van der Waals surface area contributed by atoms with Crippen molar-refractivity contribution in [2.75, 3.05) is 11.9 Å². The second kappa shape index (κ2) is 2.40. The van der Waals surface area contributed by atoms with Crippen molar-refractivity contribution in [3.8, 4) is 0 Å². The number of hydrogen-bond donors (Lipinski definition) is 2. The summed E-state index contributed by atoms with van der Waals surface area (Å²) in [6.07, 6.45) is 2.93. The highest BCUT2D eigenvalue weighted by molar-refractivity contribution is 7.09. The molecule has 4 nitrogen and oxygen atoms in total. The van der Waals surface area contributed by atoms with E-state index in [1.807, 2.05) is 0 Å². The Kier molecular flexibility index (Phi) is 1.36. The topological polar surface area (TPSA) is 49.8 Å². The average Bonchev–Trinajstić information content (AvgIpc) is 2.76. The van der Waals surface area contributed by atoms with Crippen LogP contribution in [0.25, 0.3) is 0 Å². The summed E-state index contributed by atoms with van der Waals surface area (Å²) in [5.41, 5.74) is 0. The molecule has 5 heteroatoms. The lowest BCUT2D eigenvalue weighted by Crippen LogP contribution is -2.47. The van der Waals surface area contributed by atoms with Crippen molar-refractivity contribution >= 4 is 16.7 Å². The van der Waals surface area contributed by atoms with Crippen LogP contribution < -0.4 is 10.6 Å². The van der Waals surface area contributed by atoms with Crippen LogP contribution in [0.5, 0.6) is 0 Å². The quantitative estimate of drug-likeness (QED) is 0.691. The molecule has 3 unspecified atom stereocenters. The normalized spacial score (nSPS) is 37.8. The van der Waals surface area contributed by atoms with Crippen LogP contribution in [0.3, 0.4) is 0 Å². The van der Waals surface area contributed by atoms with E-state index in [1.54, 1.807) is 6.33 Å². The summed E-state index contributed by atoms with van der Waals surface area (Å²) in [6, 6.07) is 1.29. The highest BCUT2D eigenvalue weighted by Gasteiger charge is 2.46. The van der Waals surface area contributed by atoms with Gasteiger partial charge >= 0.3 is 0 Å². The van der Waals surface area contributed by atoms with E-state index in [2.05, 4.69) is 20.0 Å². The van der Waals surface area contributed by atoms with Gasteiger partial charge < -0.3 is 10.6 Å². The summed E-state index contributed by atoms with van der Waals surface area (Å²) in [5, 5.41) is 7.81. The van der Waals surface area contributed by atoms with Gasteiger partial charge in [0.2, 0.25) is 5.13 Å². The van der Waals surface area contributed by atoms with Crippen LogP contribution in [0.15, 0.2) is 6.33 Å². The van der Waals surface area contributed by atoms with Gasteiger partial charge in [-0.3, -0.25) is 0 Å². The predicted octanol–water partition coefficient (Wildman–Crippen LogP) is 0.310. The zero-order valence-electron chi connectivity index (χ0n) is 6.53. The Morgan fingerprint density at radius 3 is 3.25 bits per heavy atom. The lowest BCUT2D eigenvalue weighted by Gasteiger charge is -2.34. The van der Waals surface area contributed by atoms with Gasteiger partial charge in [-0.05, 0) is 12.3 Å². The molecule has 1 saturated carbocycles. The lowest BCUT2D eigenvalue weighted by atomic mass is 9.80. The van der Waals surface area contributed by atoms with E-state index in [0.29, 0.717) is 12.1 Å². The van der Waals surface area contributed by atoms with Gasteiger partial charge in [-0.25, -0.2) is 4.98 Å². The highest BCUT2D eigenvalue weighted by atomic mass is 32.1. The fourth-order valence-electron chi connectivity index (χ4n) is 2.07. The maximum Gasteiger partial charge on any atom is 0.202 e. The third-order valence-electron chi connectivity index (χ3n) is 2.79. The minimum Gasteiger partial charge on any atom is -0.356 e. The van der Waals surface area contributed by atoms with Crippen LogP contribution in [0, 0.1) is 5.92 Å². The molecule has 0 aromatic carbocycles. The molecule has 1 aromatic rings. The number of hydrogen-bond acceptors (Lipinski definition) is 5. The van der Waals surface area contributed by atoms with Crippen LogP contribution >= 0.6 is 11.5 Å². The van der Waals surface area contributed by atoms with Crippen molar-refractivity contribution < 1.29 is 0 Å². The second-order valence-electron chi connectivity index (χ2n) is 3.43. The Bertz CT molecular complexity index is 259. The molecular weight excluding hydrogens is 172 g/mol. The Hall–Kier alpha value is -0.680. The largest absolute Gasteiger partial charge is 0.356 e. The molecule has 2 bridgehead atoms. The lowest BCUT2D eigenvalue weighted by molar-refractivity contribution is 0.327. The molecular formula is C7H10N4S. The summed E-state index contributed by atoms with van der Waals surface area (Å²) < 4.78 is 3.95. The van der Waals surface area contributed by atoms with E-state index in [9.17, 15) is 0 Å². The van der Waals surface area contributed by atoms with E-state index in [-0.39, 0.29) is 0 Å². The summed E-state index contributed by atoms with van der Waals surface area (Å²) in [6.45, 7) is 1.17. The van der Waals surface area contributed by atoms with Crippen molar-refractivity contribution in [2.45, 2.75) is 18.5 Å². The molecule has 2 N–H and O–H groups in total. The highest BCUT2D eigenvalue weighted by Crippen LogP contribution is 2.36. The smallest absolute Gasteiger partial charge is 0.202 e. The molecule has 1 aliphatic carbocycles. The standard InChI is InChI=1S/C7H10N4S/c1-4-2-8-5(1)6(4)11-7-9-3-10-12-7/h3-6,8H,1-2H2,(H,9,10,11). The first-order chi connectivity index (χ1) is 5.93. The number of anilines is 1. The summed E-state index contributed by atoms with van der Waals surface area (Å²) >= 11 is 1.43. The van der Waals surface area contributed by atoms with Crippen molar-refractivity contribution in [1.82, 2.24) is 14.7 Å². The van der Waals surface area contributed by atoms with Crippen LogP contribution in [-0.2, 0) is 0 Å². The number of fused-ring (bicyclic) bond motifs is 1. The van der Waals surface area contributed by atoms with E-state index >= 15 is 0 Å². The number of rotatable bonds is 2.